The molecule has 0 N–H and O–H groups in total. The standard InChI is InChI=1S/C8H15NO3S/c1-12-9-7-4-3-5-8(6-7)13(2,10)11/h8H,3-6H2,1-2H3/b9-7+. The summed E-state index contributed by atoms with van der Waals surface area (Å²) in [5.74, 6) is 0. The van der Waals surface area contributed by atoms with E-state index in [0.29, 0.717) is 6.42 Å². The minimum Gasteiger partial charge on any atom is -0.399 e. The molecule has 0 radical (unpaired) electrons. The number of sulfone groups is 1. The van der Waals surface area contributed by atoms with Gasteiger partial charge in [0.05, 0.1) is 11.0 Å². The Balaban J connectivity index is 2.68. The van der Waals surface area contributed by atoms with Gasteiger partial charge in [0, 0.05) is 12.7 Å². The number of nitrogens with zero attached hydrogens (tertiary/aromatic N) is 1. The van der Waals surface area contributed by atoms with Gasteiger partial charge < -0.3 is 4.84 Å². The third kappa shape index (κ3) is 2.99. The van der Waals surface area contributed by atoms with E-state index in [1.807, 2.05) is 0 Å². The van der Waals surface area contributed by atoms with Crippen LogP contribution in [-0.4, -0.2) is 32.7 Å². The van der Waals surface area contributed by atoms with E-state index in [0.717, 1.165) is 25.0 Å². The van der Waals surface area contributed by atoms with Crippen LogP contribution in [0.4, 0.5) is 0 Å². The van der Waals surface area contributed by atoms with Crippen LogP contribution in [0.2, 0.25) is 0 Å². The summed E-state index contributed by atoms with van der Waals surface area (Å²) in [5.41, 5.74) is 0.865. The average molecular weight is 205 g/mol. The van der Waals surface area contributed by atoms with Gasteiger partial charge >= 0.3 is 0 Å². The maximum atomic E-state index is 11.2. The number of rotatable bonds is 2. The van der Waals surface area contributed by atoms with Gasteiger partial charge in [0.2, 0.25) is 0 Å². The lowest BCUT2D eigenvalue weighted by molar-refractivity contribution is 0.211. The van der Waals surface area contributed by atoms with Crippen molar-refractivity contribution in [3.05, 3.63) is 0 Å². The molecular formula is C8H15NO3S. The Morgan fingerprint density at radius 3 is 2.77 bits per heavy atom. The molecule has 4 nitrogen and oxygen atoms in total. The first-order chi connectivity index (χ1) is 6.04. The predicted molar refractivity (Wildman–Crippen MR) is 51.5 cm³/mol. The van der Waals surface area contributed by atoms with E-state index in [9.17, 15) is 8.42 Å². The number of hydrogen-bond acceptors (Lipinski definition) is 4. The van der Waals surface area contributed by atoms with Gasteiger partial charge in [-0.2, -0.15) is 0 Å². The van der Waals surface area contributed by atoms with Crippen LogP contribution in [0, 0.1) is 0 Å². The Hall–Kier alpha value is -0.580. The van der Waals surface area contributed by atoms with Gasteiger partial charge in [-0.25, -0.2) is 8.42 Å². The lowest BCUT2D eigenvalue weighted by atomic mass is 9.98. The quantitative estimate of drug-likeness (QED) is 0.631. The molecule has 0 bridgehead atoms. The highest BCUT2D eigenvalue weighted by Crippen LogP contribution is 2.21. The molecule has 1 aliphatic carbocycles. The molecule has 1 unspecified atom stereocenters. The van der Waals surface area contributed by atoms with Crippen LogP contribution in [0.25, 0.3) is 0 Å². The molecule has 1 aliphatic rings. The second kappa shape index (κ2) is 4.09. The smallest absolute Gasteiger partial charge is 0.150 e. The first kappa shape index (κ1) is 10.5. The van der Waals surface area contributed by atoms with E-state index in [1.165, 1.54) is 13.4 Å². The summed E-state index contributed by atoms with van der Waals surface area (Å²) < 4.78 is 22.5. The largest absolute Gasteiger partial charge is 0.399 e. The third-order valence-corrected chi connectivity index (χ3v) is 3.89. The summed E-state index contributed by atoms with van der Waals surface area (Å²) in [5, 5.41) is 3.55. The van der Waals surface area contributed by atoms with Gasteiger partial charge in [-0.3, -0.25) is 0 Å². The molecule has 76 valence electrons. The summed E-state index contributed by atoms with van der Waals surface area (Å²) in [7, 11) is -1.43. The SMILES string of the molecule is CO/N=C1\CCCC(S(C)(=O)=O)C1. The van der Waals surface area contributed by atoms with Crippen LogP contribution in [0.5, 0.6) is 0 Å². The summed E-state index contributed by atoms with van der Waals surface area (Å²) in [6, 6.07) is 0. The molecule has 0 aromatic rings. The molecule has 1 atom stereocenters. The molecule has 13 heavy (non-hydrogen) atoms. The van der Waals surface area contributed by atoms with Crippen molar-refractivity contribution in [2.24, 2.45) is 5.16 Å². The van der Waals surface area contributed by atoms with E-state index < -0.39 is 9.84 Å². The minimum absolute atomic E-state index is 0.254. The average Bonchev–Trinajstić information content (AvgIpc) is 2.04. The molecule has 0 saturated heterocycles. The van der Waals surface area contributed by atoms with Crippen molar-refractivity contribution in [2.45, 2.75) is 30.9 Å². The molecule has 1 rings (SSSR count). The Morgan fingerprint density at radius 2 is 2.23 bits per heavy atom. The maximum absolute atomic E-state index is 11.2. The Labute approximate surface area is 78.9 Å². The van der Waals surface area contributed by atoms with Gasteiger partial charge in [0.25, 0.3) is 0 Å². The number of oxime groups is 1. The first-order valence-electron chi connectivity index (χ1n) is 4.32. The third-order valence-electron chi connectivity index (χ3n) is 2.28. The second-order valence-electron chi connectivity index (χ2n) is 3.39. The molecule has 0 aromatic carbocycles. The van der Waals surface area contributed by atoms with Gasteiger partial charge in [-0.15, -0.1) is 0 Å². The van der Waals surface area contributed by atoms with Gasteiger partial charge in [0.15, 0.2) is 9.84 Å². The Morgan fingerprint density at radius 1 is 1.54 bits per heavy atom. The summed E-state index contributed by atoms with van der Waals surface area (Å²) in [6.07, 6.45) is 4.32. The van der Waals surface area contributed by atoms with Gasteiger partial charge in [0.1, 0.15) is 7.11 Å². The molecule has 0 aliphatic heterocycles. The summed E-state index contributed by atoms with van der Waals surface area (Å²) in [6.45, 7) is 0. The Bertz CT molecular complexity index is 295. The molecule has 0 aromatic heterocycles. The molecule has 5 heteroatoms. The van der Waals surface area contributed by atoms with Crippen LogP contribution >= 0.6 is 0 Å². The van der Waals surface area contributed by atoms with Crippen molar-refractivity contribution in [2.75, 3.05) is 13.4 Å². The van der Waals surface area contributed by atoms with Crippen molar-refractivity contribution >= 4 is 15.5 Å². The van der Waals surface area contributed by atoms with Crippen molar-refractivity contribution in [3.63, 3.8) is 0 Å². The fraction of sp³-hybridized carbons (Fsp3) is 0.875. The molecule has 0 spiro atoms. The van der Waals surface area contributed by atoms with E-state index >= 15 is 0 Å². The van der Waals surface area contributed by atoms with E-state index in [4.69, 9.17) is 0 Å². The highest BCUT2D eigenvalue weighted by Gasteiger charge is 2.26. The van der Waals surface area contributed by atoms with Gasteiger partial charge in [-0.1, -0.05) is 5.16 Å². The molecule has 0 heterocycles. The monoisotopic (exact) mass is 205 g/mol. The fourth-order valence-electron chi connectivity index (χ4n) is 1.58. The first-order valence-corrected chi connectivity index (χ1v) is 6.27. The van der Waals surface area contributed by atoms with Crippen LogP contribution in [0.1, 0.15) is 25.7 Å². The summed E-state index contributed by atoms with van der Waals surface area (Å²) in [4.78, 5) is 4.64. The lowest BCUT2D eigenvalue weighted by Gasteiger charge is -2.20. The van der Waals surface area contributed by atoms with Crippen molar-refractivity contribution < 1.29 is 13.3 Å². The highest BCUT2D eigenvalue weighted by molar-refractivity contribution is 7.91. The van der Waals surface area contributed by atoms with Crippen LogP contribution < -0.4 is 0 Å². The highest BCUT2D eigenvalue weighted by atomic mass is 32.2. The van der Waals surface area contributed by atoms with E-state index in [-0.39, 0.29) is 5.25 Å². The molecule has 0 amide bonds. The van der Waals surface area contributed by atoms with Crippen molar-refractivity contribution in [3.8, 4) is 0 Å². The molecule has 1 fully saturated rings. The normalized spacial score (nSPS) is 27.5. The fourth-order valence-corrected chi connectivity index (χ4v) is 2.67. The van der Waals surface area contributed by atoms with Crippen LogP contribution in [0.15, 0.2) is 5.16 Å². The van der Waals surface area contributed by atoms with Crippen molar-refractivity contribution in [1.29, 1.82) is 0 Å². The molecule has 1 saturated carbocycles. The molecular weight excluding hydrogens is 190 g/mol. The topological polar surface area (TPSA) is 55.7 Å². The number of hydrogen-bond donors (Lipinski definition) is 0. The van der Waals surface area contributed by atoms with Gasteiger partial charge in [-0.05, 0) is 19.3 Å². The zero-order valence-electron chi connectivity index (χ0n) is 7.99. The minimum atomic E-state index is -2.91. The Kier molecular flexibility index (Phi) is 3.30. The predicted octanol–water partition coefficient (Wildman–Crippen LogP) is 0.976. The zero-order valence-corrected chi connectivity index (χ0v) is 8.80. The maximum Gasteiger partial charge on any atom is 0.150 e. The second-order valence-corrected chi connectivity index (χ2v) is 5.71. The van der Waals surface area contributed by atoms with E-state index in [1.54, 1.807) is 0 Å². The summed E-state index contributed by atoms with van der Waals surface area (Å²) >= 11 is 0. The lowest BCUT2D eigenvalue weighted by Crippen LogP contribution is -2.27. The van der Waals surface area contributed by atoms with Crippen LogP contribution in [0.3, 0.4) is 0 Å². The van der Waals surface area contributed by atoms with E-state index in [2.05, 4.69) is 9.99 Å². The van der Waals surface area contributed by atoms with Crippen LogP contribution in [-0.2, 0) is 14.7 Å². The van der Waals surface area contributed by atoms with Crippen molar-refractivity contribution in [1.82, 2.24) is 0 Å². The zero-order chi connectivity index (χ0) is 9.90.